The number of nitrogens with one attached hydrogen (secondary N) is 1. The van der Waals surface area contributed by atoms with E-state index in [1.807, 2.05) is 36.4 Å². The molecular formula is C31H23N3. The summed E-state index contributed by atoms with van der Waals surface area (Å²) < 4.78 is 0. The summed E-state index contributed by atoms with van der Waals surface area (Å²) in [6, 6.07) is 44.0. The standard InChI is InChI=1S/C31H23N3/c1-4-11-22(12-5-1)27-18-10-17-25-21-26(19-20-28(25)27)31-33-29(23-13-6-2-7-14-23)32-30(34-31)24-15-8-3-9-16-24/h1-21,29H,(H,32,33,34). The predicted molar refractivity (Wildman–Crippen MR) is 141 cm³/mol. The molecule has 3 nitrogen and oxygen atoms in total. The number of aliphatic imine (C=N–C) groups is 2. The second-order valence-corrected chi connectivity index (χ2v) is 8.34. The van der Waals surface area contributed by atoms with E-state index < -0.39 is 0 Å². The first-order valence-corrected chi connectivity index (χ1v) is 11.5. The van der Waals surface area contributed by atoms with Gasteiger partial charge in [0.1, 0.15) is 12.0 Å². The summed E-state index contributed by atoms with van der Waals surface area (Å²) in [6.45, 7) is 0. The van der Waals surface area contributed by atoms with Gasteiger partial charge in [0.2, 0.25) is 0 Å². The average Bonchev–Trinajstić information content (AvgIpc) is 2.93. The number of rotatable bonds is 4. The molecular weight excluding hydrogens is 414 g/mol. The number of fused-ring (bicyclic) bond motifs is 1. The lowest BCUT2D eigenvalue weighted by atomic mass is 9.96. The van der Waals surface area contributed by atoms with E-state index in [2.05, 4.69) is 96.3 Å². The minimum absolute atomic E-state index is 0.199. The lowest BCUT2D eigenvalue weighted by molar-refractivity contribution is 0.674. The van der Waals surface area contributed by atoms with Gasteiger partial charge in [0.15, 0.2) is 5.84 Å². The van der Waals surface area contributed by atoms with Gasteiger partial charge in [-0.2, -0.15) is 0 Å². The predicted octanol–water partition coefficient (Wildman–Crippen LogP) is 7.00. The topological polar surface area (TPSA) is 36.8 Å². The van der Waals surface area contributed by atoms with Crippen LogP contribution in [0.5, 0.6) is 0 Å². The van der Waals surface area contributed by atoms with Crippen LogP contribution in [0.25, 0.3) is 21.9 Å². The molecule has 1 N–H and O–H groups in total. The molecule has 1 heterocycles. The van der Waals surface area contributed by atoms with Crippen LogP contribution < -0.4 is 5.32 Å². The van der Waals surface area contributed by atoms with Crippen LogP contribution in [0.15, 0.2) is 137 Å². The Morgan fingerprint density at radius 1 is 0.559 bits per heavy atom. The van der Waals surface area contributed by atoms with Crippen molar-refractivity contribution in [3.8, 4) is 11.1 Å². The SMILES string of the molecule is c1ccc(C2=NC(c3ccccc3)NC(c3ccc4c(-c5ccccc5)cccc4c3)=N2)cc1. The van der Waals surface area contributed by atoms with Crippen molar-refractivity contribution in [3.63, 3.8) is 0 Å². The maximum Gasteiger partial charge on any atom is 0.159 e. The number of hydrogen-bond acceptors (Lipinski definition) is 3. The fraction of sp³-hybridized carbons (Fsp3) is 0.0323. The van der Waals surface area contributed by atoms with Crippen LogP contribution in [-0.2, 0) is 0 Å². The van der Waals surface area contributed by atoms with Crippen molar-refractivity contribution < 1.29 is 0 Å². The number of amidine groups is 2. The van der Waals surface area contributed by atoms with Crippen LogP contribution in [0, 0.1) is 0 Å². The lowest BCUT2D eigenvalue weighted by Crippen LogP contribution is -2.33. The zero-order valence-corrected chi connectivity index (χ0v) is 18.6. The fourth-order valence-electron chi connectivity index (χ4n) is 4.42. The Morgan fingerprint density at radius 3 is 1.97 bits per heavy atom. The summed E-state index contributed by atoms with van der Waals surface area (Å²) in [5, 5.41) is 5.97. The Bertz CT molecular complexity index is 1500. The third kappa shape index (κ3) is 3.89. The van der Waals surface area contributed by atoms with Gasteiger partial charge in [-0.15, -0.1) is 0 Å². The van der Waals surface area contributed by atoms with Crippen LogP contribution in [-0.4, -0.2) is 11.7 Å². The molecule has 0 bridgehead atoms. The van der Waals surface area contributed by atoms with Crippen LogP contribution in [0.4, 0.5) is 0 Å². The van der Waals surface area contributed by atoms with Crippen molar-refractivity contribution in [3.05, 3.63) is 144 Å². The van der Waals surface area contributed by atoms with Gasteiger partial charge in [-0.1, -0.05) is 121 Å². The highest BCUT2D eigenvalue weighted by molar-refractivity contribution is 6.14. The Hall–Kier alpha value is -4.50. The second-order valence-electron chi connectivity index (χ2n) is 8.34. The normalized spacial score (nSPS) is 15.4. The molecule has 0 spiro atoms. The zero-order valence-electron chi connectivity index (χ0n) is 18.6. The summed E-state index contributed by atoms with van der Waals surface area (Å²) in [4.78, 5) is 9.87. The molecule has 6 rings (SSSR count). The molecule has 1 aliphatic heterocycles. The summed E-state index contributed by atoms with van der Waals surface area (Å²) in [5.74, 6) is 1.57. The van der Waals surface area contributed by atoms with Crippen LogP contribution in [0.2, 0.25) is 0 Å². The monoisotopic (exact) mass is 437 g/mol. The van der Waals surface area contributed by atoms with Crippen molar-refractivity contribution in [2.45, 2.75) is 6.17 Å². The van der Waals surface area contributed by atoms with Gasteiger partial charge in [0.25, 0.3) is 0 Å². The van der Waals surface area contributed by atoms with Crippen LogP contribution >= 0.6 is 0 Å². The van der Waals surface area contributed by atoms with E-state index in [9.17, 15) is 0 Å². The molecule has 5 aromatic rings. The molecule has 0 aromatic heterocycles. The fourth-order valence-corrected chi connectivity index (χ4v) is 4.42. The Kier molecular flexibility index (Phi) is 5.21. The van der Waals surface area contributed by atoms with Gasteiger partial charge in [-0.25, -0.2) is 9.98 Å². The number of benzene rings is 5. The van der Waals surface area contributed by atoms with Crippen molar-refractivity contribution >= 4 is 22.4 Å². The molecule has 1 aliphatic rings. The van der Waals surface area contributed by atoms with Gasteiger partial charge in [0.05, 0.1) is 0 Å². The minimum Gasteiger partial charge on any atom is -0.344 e. The lowest BCUT2D eigenvalue weighted by Gasteiger charge is -2.24. The van der Waals surface area contributed by atoms with Gasteiger partial charge in [0, 0.05) is 11.1 Å². The molecule has 162 valence electrons. The number of nitrogens with zero attached hydrogens (tertiary/aromatic N) is 2. The van der Waals surface area contributed by atoms with Gasteiger partial charge in [-0.05, 0) is 33.5 Å². The van der Waals surface area contributed by atoms with Crippen molar-refractivity contribution in [1.82, 2.24) is 5.32 Å². The first-order chi connectivity index (χ1) is 16.8. The second kappa shape index (κ2) is 8.80. The van der Waals surface area contributed by atoms with Gasteiger partial charge in [-0.3, -0.25) is 0 Å². The van der Waals surface area contributed by atoms with E-state index in [1.165, 1.54) is 21.9 Å². The Morgan fingerprint density at radius 2 is 1.24 bits per heavy atom. The molecule has 1 atom stereocenters. The van der Waals surface area contributed by atoms with E-state index in [4.69, 9.17) is 9.98 Å². The van der Waals surface area contributed by atoms with Gasteiger partial charge < -0.3 is 5.32 Å². The summed E-state index contributed by atoms with van der Waals surface area (Å²) in [6.07, 6.45) is -0.199. The third-order valence-corrected chi connectivity index (χ3v) is 6.13. The van der Waals surface area contributed by atoms with Crippen molar-refractivity contribution in [2.75, 3.05) is 0 Å². The quantitative estimate of drug-likeness (QED) is 0.323. The van der Waals surface area contributed by atoms with Crippen molar-refractivity contribution in [2.24, 2.45) is 9.98 Å². The molecule has 34 heavy (non-hydrogen) atoms. The highest BCUT2D eigenvalue weighted by atomic mass is 15.2. The summed E-state index contributed by atoms with van der Waals surface area (Å²) in [7, 11) is 0. The highest BCUT2D eigenvalue weighted by Crippen LogP contribution is 2.30. The molecule has 5 aromatic carbocycles. The Balaban J connectivity index is 1.44. The molecule has 0 aliphatic carbocycles. The maximum absolute atomic E-state index is 4.94. The van der Waals surface area contributed by atoms with E-state index >= 15 is 0 Å². The molecule has 3 heteroatoms. The van der Waals surface area contributed by atoms with E-state index in [-0.39, 0.29) is 6.17 Å². The molecule has 0 saturated heterocycles. The minimum atomic E-state index is -0.199. The average molecular weight is 438 g/mol. The smallest absolute Gasteiger partial charge is 0.159 e. The maximum atomic E-state index is 4.94. The highest BCUT2D eigenvalue weighted by Gasteiger charge is 2.21. The van der Waals surface area contributed by atoms with Crippen LogP contribution in [0.1, 0.15) is 22.9 Å². The summed E-state index contributed by atoms with van der Waals surface area (Å²) in [5.41, 5.74) is 5.61. The third-order valence-electron chi connectivity index (χ3n) is 6.13. The molecule has 0 amide bonds. The molecule has 0 fully saturated rings. The molecule has 0 saturated carbocycles. The first-order valence-electron chi connectivity index (χ1n) is 11.5. The Labute approximate surface area is 199 Å². The largest absolute Gasteiger partial charge is 0.344 e. The number of hydrogen-bond donors (Lipinski definition) is 1. The summed E-state index contributed by atoms with van der Waals surface area (Å²) >= 11 is 0. The zero-order chi connectivity index (χ0) is 22.7. The van der Waals surface area contributed by atoms with E-state index in [1.54, 1.807) is 0 Å². The van der Waals surface area contributed by atoms with E-state index in [0.717, 1.165) is 28.4 Å². The molecule has 1 unspecified atom stereocenters. The first kappa shape index (κ1) is 20.1. The van der Waals surface area contributed by atoms with E-state index in [0.29, 0.717) is 0 Å². The molecule has 0 radical (unpaired) electrons. The van der Waals surface area contributed by atoms with Crippen LogP contribution in [0.3, 0.4) is 0 Å². The van der Waals surface area contributed by atoms with Crippen molar-refractivity contribution in [1.29, 1.82) is 0 Å². The van der Waals surface area contributed by atoms with Gasteiger partial charge >= 0.3 is 0 Å².